The third kappa shape index (κ3) is 2.68. The fourth-order valence-corrected chi connectivity index (χ4v) is 2.05. The predicted octanol–water partition coefficient (Wildman–Crippen LogP) is -0.649. The predicted molar refractivity (Wildman–Crippen MR) is 65.4 cm³/mol. The lowest BCUT2D eigenvalue weighted by atomic mass is 10.3. The molecule has 0 aliphatic rings. The number of hydrogen-bond acceptors (Lipinski definition) is 3. The van der Waals surface area contributed by atoms with E-state index in [4.69, 9.17) is 0 Å². The number of hydrogen-bond donors (Lipinski definition) is 1. The SMILES string of the molecule is [NH3+]CCCc1nc2ccccc2n1CCC(=O)[O-]. The molecule has 0 atom stereocenters. The maximum atomic E-state index is 10.6. The first-order valence-corrected chi connectivity index (χ1v) is 6.15. The molecule has 1 heterocycles. The molecule has 1 aromatic carbocycles. The van der Waals surface area contributed by atoms with Gasteiger partial charge < -0.3 is 20.2 Å². The van der Waals surface area contributed by atoms with E-state index in [-0.39, 0.29) is 6.42 Å². The van der Waals surface area contributed by atoms with Crippen molar-refractivity contribution in [3.05, 3.63) is 30.1 Å². The molecule has 0 saturated heterocycles. The minimum Gasteiger partial charge on any atom is -0.550 e. The van der Waals surface area contributed by atoms with Crippen molar-refractivity contribution >= 4 is 17.0 Å². The van der Waals surface area contributed by atoms with Crippen molar-refractivity contribution in [1.29, 1.82) is 0 Å². The highest BCUT2D eigenvalue weighted by Gasteiger charge is 2.09. The third-order valence-corrected chi connectivity index (χ3v) is 2.92. The monoisotopic (exact) mass is 247 g/mol. The number of para-hydroxylation sites is 2. The van der Waals surface area contributed by atoms with Gasteiger partial charge in [-0.05, 0) is 12.1 Å². The number of carbonyl (C=O) groups is 1. The number of aryl methyl sites for hydroxylation is 2. The molecule has 0 aliphatic carbocycles. The summed E-state index contributed by atoms with van der Waals surface area (Å²) in [5.74, 6) is -0.100. The van der Waals surface area contributed by atoms with E-state index in [1.165, 1.54) is 0 Å². The van der Waals surface area contributed by atoms with Crippen molar-refractivity contribution < 1.29 is 15.6 Å². The fraction of sp³-hybridized carbons (Fsp3) is 0.385. The largest absolute Gasteiger partial charge is 0.550 e. The minimum atomic E-state index is -1.03. The van der Waals surface area contributed by atoms with Crippen LogP contribution in [-0.4, -0.2) is 22.1 Å². The van der Waals surface area contributed by atoms with Crippen LogP contribution in [0.25, 0.3) is 11.0 Å². The first-order chi connectivity index (χ1) is 8.72. The molecule has 0 saturated carbocycles. The molecule has 5 nitrogen and oxygen atoms in total. The van der Waals surface area contributed by atoms with Crippen LogP contribution in [0.2, 0.25) is 0 Å². The molecule has 5 heteroatoms. The molecule has 0 unspecified atom stereocenters. The minimum absolute atomic E-state index is 0.0116. The highest BCUT2D eigenvalue weighted by atomic mass is 16.4. The lowest BCUT2D eigenvalue weighted by molar-refractivity contribution is -0.368. The Morgan fingerprint density at radius 1 is 1.39 bits per heavy atom. The second-order valence-electron chi connectivity index (χ2n) is 4.25. The average molecular weight is 247 g/mol. The molecular weight excluding hydrogens is 230 g/mol. The van der Waals surface area contributed by atoms with E-state index in [9.17, 15) is 9.90 Å². The number of imidazole rings is 1. The molecule has 0 aliphatic heterocycles. The molecule has 2 aromatic rings. The van der Waals surface area contributed by atoms with Gasteiger partial charge in [-0.15, -0.1) is 0 Å². The Hall–Kier alpha value is -1.88. The van der Waals surface area contributed by atoms with Gasteiger partial charge in [0.1, 0.15) is 5.82 Å². The topological polar surface area (TPSA) is 85.6 Å². The second kappa shape index (κ2) is 5.64. The number of rotatable bonds is 6. The van der Waals surface area contributed by atoms with E-state index < -0.39 is 5.97 Å². The van der Waals surface area contributed by atoms with Crippen LogP contribution < -0.4 is 10.8 Å². The Morgan fingerprint density at radius 2 is 2.17 bits per heavy atom. The highest BCUT2D eigenvalue weighted by Crippen LogP contribution is 2.17. The van der Waals surface area contributed by atoms with Crippen LogP contribution in [-0.2, 0) is 17.8 Å². The number of nitrogens with zero attached hydrogens (tertiary/aromatic N) is 2. The molecule has 1 aromatic heterocycles. The molecule has 2 rings (SSSR count). The smallest absolute Gasteiger partial charge is 0.110 e. The first kappa shape index (κ1) is 12.6. The lowest BCUT2D eigenvalue weighted by Crippen LogP contribution is -2.50. The average Bonchev–Trinajstić information content (AvgIpc) is 2.71. The van der Waals surface area contributed by atoms with Crippen LogP contribution in [0.15, 0.2) is 24.3 Å². The molecule has 0 fully saturated rings. The van der Waals surface area contributed by atoms with E-state index in [2.05, 4.69) is 10.7 Å². The van der Waals surface area contributed by atoms with Gasteiger partial charge >= 0.3 is 0 Å². The molecular formula is C13H17N3O2. The van der Waals surface area contributed by atoms with Crippen LogP contribution in [0.3, 0.4) is 0 Å². The zero-order chi connectivity index (χ0) is 13.0. The van der Waals surface area contributed by atoms with Gasteiger partial charge in [-0.3, -0.25) is 0 Å². The summed E-state index contributed by atoms with van der Waals surface area (Å²) in [6.07, 6.45) is 1.79. The summed E-state index contributed by atoms with van der Waals surface area (Å²) in [6, 6.07) is 7.78. The Kier molecular flexibility index (Phi) is 3.94. The number of carbonyl (C=O) groups excluding carboxylic acids is 1. The van der Waals surface area contributed by atoms with Gasteiger partial charge in [0.05, 0.1) is 17.6 Å². The van der Waals surface area contributed by atoms with Crippen LogP contribution in [0.5, 0.6) is 0 Å². The Morgan fingerprint density at radius 3 is 2.89 bits per heavy atom. The van der Waals surface area contributed by atoms with Crippen molar-refractivity contribution in [3.63, 3.8) is 0 Å². The highest BCUT2D eigenvalue weighted by molar-refractivity contribution is 5.76. The van der Waals surface area contributed by atoms with Gasteiger partial charge in [0.25, 0.3) is 0 Å². The maximum absolute atomic E-state index is 10.6. The number of fused-ring (bicyclic) bond motifs is 1. The molecule has 0 spiro atoms. The van der Waals surface area contributed by atoms with Crippen LogP contribution >= 0.6 is 0 Å². The number of quaternary nitrogens is 1. The Labute approximate surface area is 105 Å². The van der Waals surface area contributed by atoms with Gasteiger partial charge in [0, 0.05) is 31.8 Å². The number of carboxylic acids is 1. The summed E-state index contributed by atoms with van der Waals surface area (Å²) in [4.78, 5) is 15.2. The number of aliphatic carboxylic acids is 1. The van der Waals surface area contributed by atoms with E-state index in [1.54, 1.807) is 0 Å². The summed E-state index contributed by atoms with van der Waals surface area (Å²) in [5, 5.41) is 10.6. The van der Waals surface area contributed by atoms with E-state index in [0.29, 0.717) is 6.54 Å². The van der Waals surface area contributed by atoms with E-state index >= 15 is 0 Å². The van der Waals surface area contributed by atoms with E-state index in [1.807, 2.05) is 28.8 Å². The summed E-state index contributed by atoms with van der Waals surface area (Å²) < 4.78 is 1.97. The van der Waals surface area contributed by atoms with Gasteiger partial charge in [-0.1, -0.05) is 12.1 Å². The van der Waals surface area contributed by atoms with Crippen LogP contribution in [0.4, 0.5) is 0 Å². The zero-order valence-electron chi connectivity index (χ0n) is 10.3. The van der Waals surface area contributed by atoms with Crippen molar-refractivity contribution in [2.75, 3.05) is 6.54 Å². The van der Waals surface area contributed by atoms with Crippen LogP contribution in [0.1, 0.15) is 18.7 Å². The van der Waals surface area contributed by atoms with E-state index in [0.717, 1.165) is 36.2 Å². The molecule has 0 bridgehead atoms. The molecule has 0 amide bonds. The van der Waals surface area contributed by atoms with Gasteiger partial charge in [0.2, 0.25) is 0 Å². The second-order valence-corrected chi connectivity index (χ2v) is 4.25. The zero-order valence-corrected chi connectivity index (χ0v) is 10.3. The summed E-state index contributed by atoms with van der Waals surface area (Å²) in [6.45, 7) is 1.26. The third-order valence-electron chi connectivity index (χ3n) is 2.92. The van der Waals surface area contributed by atoms with Crippen molar-refractivity contribution in [2.45, 2.75) is 25.8 Å². The molecule has 96 valence electrons. The van der Waals surface area contributed by atoms with Crippen molar-refractivity contribution in [1.82, 2.24) is 9.55 Å². The maximum Gasteiger partial charge on any atom is 0.110 e. The van der Waals surface area contributed by atoms with Crippen molar-refractivity contribution in [2.24, 2.45) is 0 Å². The van der Waals surface area contributed by atoms with Gasteiger partial charge in [0.15, 0.2) is 0 Å². The van der Waals surface area contributed by atoms with Crippen LogP contribution in [0, 0.1) is 0 Å². The van der Waals surface area contributed by atoms with Gasteiger partial charge in [-0.2, -0.15) is 0 Å². The standard InChI is InChI=1S/C13H17N3O2/c14-8-3-6-12-15-10-4-1-2-5-11(10)16(12)9-7-13(17)18/h1-2,4-5H,3,6-9,14H2,(H,17,18). The quantitative estimate of drug-likeness (QED) is 0.736. The Bertz CT molecular complexity index is 548. The summed E-state index contributed by atoms with van der Waals surface area (Å²) >= 11 is 0. The summed E-state index contributed by atoms with van der Waals surface area (Å²) in [5.41, 5.74) is 5.71. The normalized spacial score (nSPS) is 10.9. The van der Waals surface area contributed by atoms with Gasteiger partial charge in [-0.25, -0.2) is 4.98 Å². The molecule has 18 heavy (non-hydrogen) atoms. The molecule has 0 radical (unpaired) electrons. The van der Waals surface area contributed by atoms with Crippen molar-refractivity contribution in [3.8, 4) is 0 Å². The number of aromatic nitrogens is 2. The lowest BCUT2D eigenvalue weighted by Gasteiger charge is -2.09. The first-order valence-electron chi connectivity index (χ1n) is 6.15. The fourth-order valence-electron chi connectivity index (χ4n) is 2.05. The number of benzene rings is 1. The Balaban J connectivity index is 2.34. The number of carboxylic acid groups (broad SMARTS) is 1. The molecule has 3 N–H and O–H groups in total. The summed E-state index contributed by atoms with van der Waals surface area (Å²) in [7, 11) is 0.